The first-order chi connectivity index (χ1) is 10.3. The molecule has 0 aliphatic rings. The summed E-state index contributed by atoms with van der Waals surface area (Å²) in [7, 11) is 0. The number of hydrogen-bond donors (Lipinski definition) is 0. The Hall–Kier alpha value is -2.43. The molecule has 0 saturated carbocycles. The first-order valence-electron chi connectivity index (χ1n) is 6.59. The van der Waals surface area contributed by atoms with Gasteiger partial charge in [0.2, 0.25) is 0 Å². The van der Waals surface area contributed by atoms with Gasteiger partial charge in [-0.2, -0.15) is 0 Å². The van der Waals surface area contributed by atoms with Crippen molar-refractivity contribution in [3.8, 4) is 0 Å². The predicted molar refractivity (Wildman–Crippen MR) is 75.6 cm³/mol. The molecule has 0 atom stereocenters. The largest absolute Gasteiger partial charge is 0.294 e. The molecule has 22 heavy (non-hydrogen) atoms. The van der Waals surface area contributed by atoms with Crippen LogP contribution in [0.25, 0.3) is 0 Å². The molecule has 0 radical (unpaired) electrons. The van der Waals surface area contributed by atoms with E-state index in [0.717, 1.165) is 13.0 Å². The average Bonchev–Trinajstić information content (AvgIpc) is 2.45. The van der Waals surface area contributed by atoms with E-state index < -0.39 is 34.6 Å². The van der Waals surface area contributed by atoms with E-state index in [2.05, 4.69) is 0 Å². The smallest absolute Gasteiger partial charge is 0.169 e. The minimum Gasteiger partial charge on any atom is -0.294 e. The van der Waals surface area contributed by atoms with E-state index in [0.29, 0.717) is 0 Å². The molecule has 0 heterocycles. The Morgan fingerprint density at radius 2 is 1.50 bits per heavy atom. The zero-order valence-corrected chi connectivity index (χ0v) is 12.0. The molecular formula is C17H13F3O2. The minimum absolute atomic E-state index is 0.118. The number of carbonyl (C=O) groups is 2. The van der Waals surface area contributed by atoms with Gasteiger partial charge in [-0.3, -0.25) is 9.59 Å². The molecule has 0 unspecified atom stereocenters. The van der Waals surface area contributed by atoms with Gasteiger partial charge in [-0.05, 0) is 31.5 Å². The van der Waals surface area contributed by atoms with E-state index in [1.54, 1.807) is 6.07 Å². The van der Waals surface area contributed by atoms with Gasteiger partial charge in [-0.25, -0.2) is 13.2 Å². The molecule has 0 aromatic heterocycles. The van der Waals surface area contributed by atoms with Crippen LogP contribution in [0.5, 0.6) is 0 Å². The van der Waals surface area contributed by atoms with Crippen molar-refractivity contribution in [2.24, 2.45) is 0 Å². The number of halogens is 3. The van der Waals surface area contributed by atoms with E-state index in [4.69, 9.17) is 0 Å². The van der Waals surface area contributed by atoms with Crippen molar-refractivity contribution in [1.29, 1.82) is 0 Å². The highest BCUT2D eigenvalue weighted by molar-refractivity contribution is 6.01. The number of Topliss-reactive ketones (excluding diaryl/α,β-unsaturated/α-hetero) is 2. The van der Waals surface area contributed by atoms with Crippen LogP contribution in [0.3, 0.4) is 0 Å². The van der Waals surface area contributed by atoms with Crippen LogP contribution in [-0.4, -0.2) is 11.6 Å². The Bertz CT molecular complexity index is 767. The summed E-state index contributed by atoms with van der Waals surface area (Å²) in [5.74, 6) is -4.39. The summed E-state index contributed by atoms with van der Waals surface area (Å²) < 4.78 is 41.9. The van der Waals surface area contributed by atoms with Crippen molar-refractivity contribution in [3.63, 3.8) is 0 Å². The highest BCUT2D eigenvalue weighted by Crippen LogP contribution is 2.25. The molecule has 0 aliphatic carbocycles. The molecular weight excluding hydrogens is 293 g/mol. The fourth-order valence-corrected chi connectivity index (χ4v) is 2.24. The first-order valence-corrected chi connectivity index (χ1v) is 6.59. The number of benzene rings is 2. The summed E-state index contributed by atoms with van der Waals surface area (Å²) in [6.45, 7) is 2.26. The maximum atomic E-state index is 14.3. The summed E-state index contributed by atoms with van der Waals surface area (Å²) >= 11 is 0. The second kappa shape index (κ2) is 6.13. The molecule has 0 bridgehead atoms. The third-order valence-corrected chi connectivity index (χ3v) is 3.39. The van der Waals surface area contributed by atoms with E-state index in [1.807, 2.05) is 0 Å². The lowest BCUT2D eigenvalue weighted by Gasteiger charge is -2.12. The molecule has 2 nitrogen and oxygen atoms in total. The van der Waals surface area contributed by atoms with Crippen LogP contribution >= 0.6 is 0 Å². The number of rotatable bonds is 4. The van der Waals surface area contributed by atoms with Crippen LogP contribution in [0, 0.1) is 17.5 Å². The molecule has 0 spiro atoms. The van der Waals surface area contributed by atoms with Gasteiger partial charge in [0.1, 0.15) is 5.82 Å². The highest BCUT2D eigenvalue weighted by Gasteiger charge is 2.23. The Labute approximate surface area is 125 Å². The van der Waals surface area contributed by atoms with Gasteiger partial charge in [0, 0.05) is 17.5 Å². The summed E-state index contributed by atoms with van der Waals surface area (Å²) in [5, 5.41) is 0. The first kappa shape index (κ1) is 15.9. The van der Waals surface area contributed by atoms with E-state index >= 15 is 0 Å². The fraction of sp³-hybridized carbons (Fsp3) is 0.176. The van der Waals surface area contributed by atoms with Gasteiger partial charge >= 0.3 is 0 Å². The summed E-state index contributed by atoms with van der Waals surface area (Å²) in [6.07, 6.45) is -0.275. The topological polar surface area (TPSA) is 34.1 Å². The lowest BCUT2D eigenvalue weighted by molar-refractivity contribution is 0.101. The number of hydrogen-bond acceptors (Lipinski definition) is 2. The van der Waals surface area contributed by atoms with Gasteiger partial charge in [0.15, 0.2) is 23.2 Å². The standard InChI is InChI=1S/C17H13F3O2/c1-9(21)12-8-13(10(2)22)16(19)17(20)14(12)7-11-5-3-4-6-15(11)18/h3-6,8H,7H2,1-2H3. The van der Waals surface area contributed by atoms with E-state index in [9.17, 15) is 22.8 Å². The predicted octanol–water partition coefficient (Wildman–Crippen LogP) is 4.10. The third-order valence-electron chi connectivity index (χ3n) is 3.39. The Morgan fingerprint density at radius 1 is 0.909 bits per heavy atom. The number of carbonyl (C=O) groups excluding carboxylic acids is 2. The van der Waals surface area contributed by atoms with Gasteiger partial charge in [-0.15, -0.1) is 0 Å². The van der Waals surface area contributed by atoms with Crippen molar-refractivity contribution in [1.82, 2.24) is 0 Å². The van der Waals surface area contributed by atoms with Crippen LogP contribution in [-0.2, 0) is 6.42 Å². The third kappa shape index (κ3) is 2.93. The number of ketones is 2. The summed E-state index contributed by atoms with van der Waals surface area (Å²) in [6, 6.07) is 6.68. The zero-order chi connectivity index (χ0) is 16.4. The van der Waals surface area contributed by atoms with Crippen LogP contribution in [0.4, 0.5) is 13.2 Å². The Morgan fingerprint density at radius 3 is 2.05 bits per heavy atom. The maximum Gasteiger partial charge on any atom is 0.169 e. The quantitative estimate of drug-likeness (QED) is 0.797. The second-order valence-corrected chi connectivity index (χ2v) is 4.96. The molecule has 114 valence electrons. The van der Waals surface area contributed by atoms with Crippen LogP contribution < -0.4 is 0 Å². The van der Waals surface area contributed by atoms with Gasteiger partial charge in [0.25, 0.3) is 0 Å². The highest BCUT2D eigenvalue weighted by atomic mass is 19.2. The van der Waals surface area contributed by atoms with E-state index in [1.165, 1.54) is 25.1 Å². The fourth-order valence-electron chi connectivity index (χ4n) is 2.24. The van der Waals surface area contributed by atoms with Gasteiger partial charge in [0.05, 0.1) is 5.56 Å². The van der Waals surface area contributed by atoms with Crippen molar-refractivity contribution in [2.45, 2.75) is 20.3 Å². The van der Waals surface area contributed by atoms with Gasteiger partial charge in [-0.1, -0.05) is 18.2 Å². The van der Waals surface area contributed by atoms with Crippen LogP contribution in [0.15, 0.2) is 30.3 Å². The molecule has 2 aromatic carbocycles. The van der Waals surface area contributed by atoms with E-state index in [-0.39, 0.29) is 23.1 Å². The molecule has 2 rings (SSSR count). The Balaban J connectivity index is 2.65. The SMILES string of the molecule is CC(=O)c1cc(C(C)=O)c(Cc2ccccc2F)c(F)c1F. The molecule has 0 saturated heterocycles. The normalized spacial score (nSPS) is 10.6. The van der Waals surface area contributed by atoms with Gasteiger partial charge < -0.3 is 0 Å². The molecule has 0 fully saturated rings. The average molecular weight is 306 g/mol. The summed E-state index contributed by atoms with van der Waals surface area (Å²) in [5.41, 5.74) is -0.716. The van der Waals surface area contributed by atoms with Crippen LogP contribution in [0.1, 0.15) is 45.7 Å². The zero-order valence-electron chi connectivity index (χ0n) is 12.0. The lowest BCUT2D eigenvalue weighted by atomic mass is 9.93. The Kier molecular flexibility index (Phi) is 4.45. The molecule has 0 aliphatic heterocycles. The van der Waals surface area contributed by atoms with Crippen molar-refractivity contribution in [3.05, 3.63) is 70.0 Å². The second-order valence-electron chi connectivity index (χ2n) is 4.96. The molecule has 2 aromatic rings. The lowest BCUT2D eigenvalue weighted by Crippen LogP contribution is -2.11. The summed E-state index contributed by atoms with van der Waals surface area (Å²) in [4.78, 5) is 23.0. The van der Waals surface area contributed by atoms with Crippen molar-refractivity contribution >= 4 is 11.6 Å². The van der Waals surface area contributed by atoms with Crippen LogP contribution in [0.2, 0.25) is 0 Å². The van der Waals surface area contributed by atoms with Crippen molar-refractivity contribution < 1.29 is 22.8 Å². The van der Waals surface area contributed by atoms with Crippen molar-refractivity contribution in [2.75, 3.05) is 0 Å². The monoisotopic (exact) mass is 306 g/mol. The molecule has 0 amide bonds. The molecule has 5 heteroatoms. The molecule has 0 N–H and O–H groups in total. The minimum atomic E-state index is -1.32. The maximum absolute atomic E-state index is 14.3.